The van der Waals surface area contributed by atoms with Crippen molar-refractivity contribution in [2.45, 2.75) is 0 Å². The summed E-state index contributed by atoms with van der Waals surface area (Å²) >= 11 is 0. The van der Waals surface area contributed by atoms with Crippen molar-refractivity contribution in [3.05, 3.63) is 43.0 Å². The first-order chi connectivity index (χ1) is 8.93. The van der Waals surface area contributed by atoms with E-state index in [1.165, 1.54) is 0 Å². The van der Waals surface area contributed by atoms with E-state index in [1.807, 2.05) is 36.7 Å². The maximum Gasteiger partial charge on any atom is 0.141 e. The zero-order valence-corrected chi connectivity index (χ0v) is 9.38. The number of nitrogens with zero attached hydrogens (tertiary/aromatic N) is 3. The molecule has 5 heteroatoms. The van der Waals surface area contributed by atoms with E-state index in [-0.39, 0.29) is 0 Å². The zero-order chi connectivity index (χ0) is 11.9. The Morgan fingerprint density at radius 2 is 2.00 bits per heavy atom. The molecule has 1 aromatic carbocycles. The molecule has 2 N–H and O–H groups in total. The standard InChI is InChI=1S/C13H9N5/c1-2-8(10-6-17-18-11(10)3-1)12-9-4-5-14-13(9)16-7-15-12/h1-7H,(H,17,18)(H,14,15,16). The molecular formula is C13H9N5. The Balaban J connectivity index is 2.13. The van der Waals surface area contributed by atoms with Crippen molar-refractivity contribution >= 4 is 21.9 Å². The van der Waals surface area contributed by atoms with Crippen molar-refractivity contribution in [3.63, 3.8) is 0 Å². The van der Waals surface area contributed by atoms with Crippen LogP contribution in [0.25, 0.3) is 33.2 Å². The first-order valence-electron chi connectivity index (χ1n) is 5.64. The Kier molecular flexibility index (Phi) is 1.77. The second kappa shape index (κ2) is 3.40. The van der Waals surface area contributed by atoms with Crippen LogP contribution < -0.4 is 0 Å². The fourth-order valence-electron chi connectivity index (χ4n) is 2.26. The van der Waals surface area contributed by atoms with Gasteiger partial charge in [0.05, 0.1) is 17.4 Å². The molecule has 0 fully saturated rings. The van der Waals surface area contributed by atoms with E-state index >= 15 is 0 Å². The summed E-state index contributed by atoms with van der Waals surface area (Å²) in [5.41, 5.74) is 3.84. The minimum atomic E-state index is 0.848. The van der Waals surface area contributed by atoms with E-state index in [2.05, 4.69) is 25.1 Å². The van der Waals surface area contributed by atoms with Gasteiger partial charge in [0.1, 0.15) is 12.0 Å². The molecule has 0 unspecified atom stereocenters. The van der Waals surface area contributed by atoms with Crippen LogP contribution in [0.5, 0.6) is 0 Å². The molecule has 86 valence electrons. The van der Waals surface area contributed by atoms with Crippen molar-refractivity contribution in [2.75, 3.05) is 0 Å². The molecule has 0 bridgehead atoms. The molecule has 0 amide bonds. The van der Waals surface area contributed by atoms with Crippen LogP contribution in [-0.4, -0.2) is 25.1 Å². The fourth-order valence-corrected chi connectivity index (χ4v) is 2.26. The summed E-state index contributed by atoms with van der Waals surface area (Å²) in [4.78, 5) is 11.7. The van der Waals surface area contributed by atoms with Gasteiger partial charge in [-0.1, -0.05) is 12.1 Å². The summed E-state index contributed by atoms with van der Waals surface area (Å²) in [5.74, 6) is 0. The Bertz CT molecular complexity index is 770. The minimum absolute atomic E-state index is 0.848. The minimum Gasteiger partial charge on any atom is -0.346 e. The maximum atomic E-state index is 4.41. The quantitative estimate of drug-likeness (QED) is 0.532. The average Bonchev–Trinajstić information content (AvgIpc) is 3.06. The number of hydrogen-bond donors (Lipinski definition) is 2. The van der Waals surface area contributed by atoms with Crippen LogP contribution >= 0.6 is 0 Å². The Morgan fingerprint density at radius 3 is 3.00 bits per heavy atom. The summed E-state index contributed by atoms with van der Waals surface area (Å²) in [6.07, 6.45) is 5.27. The predicted octanol–water partition coefficient (Wildman–Crippen LogP) is 2.50. The van der Waals surface area contributed by atoms with Crippen molar-refractivity contribution in [1.82, 2.24) is 25.1 Å². The molecule has 0 saturated carbocycles. The molecule has 3 aromatic heterocycles. The molecule has 0 radical (unpaired) electrons. The molecular weight excluding hydrogens is 226 g/mol. The summed E-state index contributed by atoms with van der Waals surface area (Å²) in [5, 5.41) is 9.14. The van der Waals surface area contributed by atoms with Gasteiger partial charge in [0.2, 0.25) is 0 Å². The van der Waals surface area contributed by atoms with Crippen LogP contribution in [0.2, 0.25) is 0 Å². The molecule has 0 saturated heterocycles. The number of nitrogens with one attached hydrogen (secondary N) is 2. The fraction of sp³-hybridized carbons (Fsp3) is 0. The number of aromatic nitrogens is 5. The first kappa shape index (κ1) is 9.35. The van der Waals surface area contributed by atoms with Crippen LogP contribution in [0.4, 0.5) is 0 Å². The third kappa shape index (κ3) is 1.18. The van der Waals surface area contributed by atoms with E-state index in [9.17, 15) is 0 Å². The first-order valence-corrected chi connectivity index (χ1v) is 5.64. The van der Waals surface area contributed by atoms with Gasteiger partial charge in [-0.15, -0.1) is 0 Å². The van der Waals surface area contributed by atoms with Crippen LogP contribution in [-0.2, 0) is 0 Å². The molecule has 5 nitrogen and oxygen atoms in total. The van der Waals surface area contributed by atoms with Gasteiger partial charge < -0.3 is 4.98 Å². The van der Waals surface area contributed by atoms with Gasteiger partial charge in [0.15, 0.2) is 0 Å². The highest BCUT2D eigenvalue weighted by Crippen LogP contribution is 2.30. The van der Waals surface area contributed by atoms with Gasteiger partial charge in [-0.05, 0) is 12.1 Å². The van der Waals surface area contributed by atoms with E-state index in [4.69, 9.17) is 0 Å². The molecule has 0 aliphatic carbocycles. The van der Waals surface area contributed by atoms with Gasteiger partial charge in [-0.3, -0.25) is 5.10 Å². The van der Waals surface area contributed by atoms with Crippen LogP contribution in [0.15, 0.2) is 43.0 Å². The Morgan fingerprint density at radius 1 is 1.00 bits per heavy atom. The predicted molar refractivity (Wildman–Crippen MR) is 69.0 cm³/mol. The molecule has 0 spiro atoms. The topological polar surface area (TPSA) is 70.2 Å². The number of hydrogen-bond acceptors (Lipinski definition) is 3. The summed E-state index contributed by atoms with van der Waals surface area (Å²) in [6.45, 7) is 0. The normalized spacial score (nSPS) is 11.3. The lowest BCUT2D eigenvalue weighted by Gasteiger charge is -2.03. The summed E-state index contributed by atoms with van der Waals surface area (Å²) in [6, 6.07) is 8.04. The maximum absolute atomic E-state index is 4.41. The van der Waals surface area contributed by atoms with Gasteiger partial charge in [0, 0.05) is 22.5 Å². The van der Waals surface area contributed by atoms with Crippen molar-refractivity contribution in [3.8, 4) is 11.3 Å². The Hall–Kier alpha value is -2.69. The van der Waals surface area contributed by atoms with E-state index < -0.39 is 0 Å². The summed E-state index contributed by atoms with van der Waals surface area (Å²) in [7, 11) is 0. The van der Waals surface area contributed by atoms with Crippen LogP contribution in [0.3, 0.4) is 0 Å². The lowest BCUT2D eigenvalue weighted by atomic mass is 10.1. The highest BCUT2D eigenvalue weighted by Gasteiger charge is 2.10. The lowest BCUT2D eigenvalue weighted by Crippen LogP contribution is -1.87. The van der Waals surface area contributed by atoms with E-state index in [0.29, 0.717) is 0 Å². The zero-order valence-electron chi connectivity index (χ0n) is 9.38. The van der Waals surface area contributed by atoms with Gasteiger partial charge >= 0.3 is 0 Å². The van der Waals surface area contributed by atoms with Crippen LogP contribution in [0.1, 0.15) is 0 Å². The second-order valence-electron chi connectivity index (χ2n) is 4.10. The number of benzene rings is 1. The second-order valence-corrected chi connectivity index (χ2v) is 4.10. The molecule has 4 aromatic rings. The van der Waals surface area contributed by atoms with Gasteiger partial charge in [-0.2, -0.15) is 5.10 Å². The molecule has 18 heavy (non-hydrogen) atoms. The smallest absolute Gasteiger partial charge is 0.141 e. The molecule has 0 atom stereocenters. The largest absolute Gasteiger partial charge is 0.346 e. The van der Waals surface area contributed by atoms with Crippen molar-refractivity contribution in [2.24, 2.45) is 0 Å². The van der Waals surface area contributed by atoms with Crippen LogP contribution in [0, 0.1) is 0 Å². The number of H-pyrrole nitrogens is 2. The number of fused-ring (bicyclic) bond motifs is 2. The molecule has 4 rings (SSSR count). The monoisotopic (exact) mass is 235 g/mol. The highest BCUT2D eigenvalue weighted by atomic mass is 15.1. The number of rotatable bonds is 1. The SMILES string of the molecule is c1cc(-c2ncnc3[nH]ccc23)c2cn[nH]c2c1. The van der Waals surface area contributed by atoms with Gasteiger partial charge in [-0.25, -0.2) is 9.97 Å². The lowest BCUT2D eigenvalue weighted by molar-refractivity contribution is 1.12. The van der Waals surface area contributed by atoms with Crippen molar-refractivity contribution in [1.29, 1.82) is 0 Å². The van der Waals surface area contributed by atoms with E-state index in [1.54, 1.807) is 6.33 Å². The third-order valence-electron chi connectivity index (χ3n) is 3.09. The highest BCUT2D eigenvalue weighted by molar-refractivity contribution is 6.00. The molecule has 0 aliphatic rings. The molecule has 0 aliphatic heterocycles. The Labute approximate surface area is 102 Å². The van der Waals surface area contributed by atoms with Crippen molar-refractivity contribution < 1.29 is 0 Å². The third-order valence-corrected chi connectivity index (χ3v) is 3.09. The average molecular weight is 235 g/mol. The van der Waals surface area contributed by atoms with E-state index in [0.717, 1.165) is 33.2 Å². The van der Waals surface area contributed by atoms with Gasteiger partial charge in [0.25, 0.3) is 0 Å². The number of aromatic amines is 2. The molecule has 3 heterocycles. The summed E-state index contributed by atoms with van der Waals surface area (Å²) < 4.78 is 0.